The molecule has 16 heavy (non-hydrogen) atoms. The third kappa shape index (κ3) is 1.28. The molecule has 3 rings (SSSR count). The van der Waals surface area contributed by atoms with E-state index in [2.05, 4.69) is 6.08 Å². The van der Waals surface area contributed by atoms with E-state index in [0.717, 1.165) is 17.8 Å². The van der Waals surface area contributed by atoms with E-state index in [9.17, 15) is 4.79 Å². The number of allylic oxidation sites excluding steroid dienone is 1. The summed E-state index contributed by atoms with van der Waals surface area (Å²) in [5, 5.41) is 9.04. The zero-order valence-electron chi connectivity index (χ0n) is 9.91. The van der Waals surface area contributed by atoms with Crippen LogP contribution in [0.25, 0.3) is 0 Å². The van der Waals surface area contributed by atoms with Gasteiger partial charge in [-0.25, -0.2) is 4.79 Å². The highest BCUT2D eigenvalue weighted by atomic mass is 16.4. The van der Waals surface area contributed by atoms with E-state index in [1.807, 2.05) is 0 Å². The molecule has 0 radical (unpaired) electrons. The molecular weight excluding hydrogens is 200 g/mol. The smallest absolute Gasteiger partial charge is 0.330 e. The lowest BCUT2D eigenvalue weighted by Gasteiger charge is -2.33. The monoisotopic (exact) mass is 220 g/mol. The Hall–Kier alpha value is -0.790. The minimum atomic E-state index is -0.737. The van der Waals surface area contributed by atoms with Crippen LogP contribution in [0.4, 0.5) is 0 Å². The number of aliphatic carboxylic acids is 1. The molecule has 3 saturated carbocycles. The summed E-state index contributed by atoms with van der Waals surface area (Å²) in [4.78, 5) is 11.0. The van der Waals surface area contributed by atoms with Gasteiger partial charge in [0, 0.05) is 5.57 Å². The van der Waals surface area contributed by atoms with Crippen molar-refractivity contribution in [2.24, 2.45) is 23.2 Å². The summed E-state index contributed by atoms with van der Waals surface area (Å²) in [5.41, 5.74) is 0.835. The second-order valence-electron chi connectivity index (χ2n) is 6.07. The fraction of sp³-hybridized carbons (Fsp3) is 0.786. The van der Waals surface area contributed by atoms with Gasteiger partial charge in [0.1, 0.15) is 0 Å². The van der Waals surface area contributed by atoms with E-state index >= 15 is 0 Å². The van der Waals surface area contributed by atoms with Gasteiger partial charge < -0.3 is 5.11 Å². The fourth-order valence-corrected chi connectivity index (χ4v) is 4.85. The normalized spacial score (nSPS) is 46.1. The number of hydrogen-bond acceptors (Lipinski definition) is 1. The zero-order chi connectivity index (χ0) is 11.3. The van der Waals surface area contributed by atoms with Crippen LogP contribution in [0.1, 0.15) is 45.4 Å². The Balaban J connectivity index is 1.93. The minimum Gasteiger partial charge on any atom is -0.478 e. The third-order valence-corrected chi connectivity index (χ3v) is 5.38. The second kappa shape index (κ2) is 3.35. The Kier molecular flexibility index (Phi) is 2.17. The van der Waals surface area contributed by atoms with E-state index in [1.165, 1.54) is 38.5 Å². The maximum Gasteiger partial charge on any atom is 0.330 e. The molecule has 0 aromatic rings. The van der Waals surface area contributed by atoms with Gasteiger partial charge in [-0.1, -0.05) is 12.5 Å². The molecule has 3 fully saturated rings. The molecule has 2 heteroatoms. The highest BCUT2D eigenvalue weighted by molar-refractivity contribution is 5.86. The van der Waals surface area contributed by atoms with Crippen molar-refractivity contribution in [3.8, 4) is 0 Å². The minimum absolute atomic E-state index is 0.272. The van der Waals surface area contributed by atoms with Crippen molar-refractivity contribution in [1.82, 2.24) is 0 Å². The van der Waals surface area contributed by atoms with Gasteiger partial charge in [0.15, 0.2) is 0 Å². The highest BCUT2D eigenvalue weighted by Gasteiger charge is 2.57. The van der Waals surface area contributed by atoms with Gasteiger partial charge in [-0.3, -0.25) is 0 Å². The second-order valence-corrected chi connectivity index (χ2v) is 6.07. The number of hydrogen-bond donors (Lipinski definition) is 1. The van der Waals surface area contributed by atoms with Gasteiger partial charge in [-0.05, 0) is 62.2 Å². The van der Waals surface area contributed by atoms with E-state index in [4.69, 9.17) is 5.11 Å². The zero-order valence-corrected chi connectivity index (χ0v) is 9.91. The van der Waals surface area contributed by atoms with Crippen LogP contribution in [-0.2, 0) is 4.79 Å². The first-order valence-electron chi connectivity index (χ1n) is 6.55. The standard InChI is InChI=1S/C14H20O2/c1-9(13(15)16)7-14-6-5-10(8-14)11-3-2-4-12(11)14/h7,10-12H,2-6,8H2,1H3,(H,15,16). The molecule has 0 saturated heterocycles. The summed E-state index contributed by atoms with van der Waals surface area (Å²) in [6.07, 6.45) is 10.1. The molecule has 0 aliphatic heterocycles. The van der Waals surface area contributed by atoms with Gasteiger partial charge in [-0.15, -0.1) is 0 Å². The molecule has 2 nitrogen and oxygen atoms in total. The lowest BCUT2D eigenvalue weighted by Crippen LogP contribution is -2.26. The number of carboxylic acids is 1. The Morgan fingerprint density at radius 2 is 2.19 bits per heavy atom. The van der Waals surface area contributed by atoms with Crippen LogP contribution >= 0.6 is 0 Å². The fourth-order valence-electron chi connectivity index (χ4n) is 4.85. The van der Waals surface area contributed by atoms with Gasteiger partial charge in [-0.2, -0.15) is 0 Å². The number of rotatable bonds is 2. The van der Waals surface area contributed by atoms with Crippen LogP contribution in [0.3, 0.4) is 0 Å². The first-order chi connectivity index (χ1) is 7.62. The number of carbonyl (C=O) groups is 1. The van der Waals surface area contributed by atoms with Crippen molar-refractivity contribution in [1.29, 1.82) is 0 Å². The molecule has 88 valence electrons. The number of fused-ring (bicyclic) bond motifs is 5. The molecule has 0 heterocycles. The molecule has 0 spiro atoms. The summed E-state index contributed by atoms with van der Waals surface area (Å²) in [6.45, 7) is 1.76. The predicted molar refractivity (Wildman–Crippen MR) is 62.0 cm³/mol. The van der Waals surface area contributed by atoms with Crippen molar-refractivity contribution in [3.63, 3.8) is 0 Å². The van der Waals surface area contributed by atoms with E-state index in [-0.39, 0.29) is 5.41 Å². The predicted octanol–water partition coefficient (Wildman–Crippen LogP) is 3.23. The van der Waals surface area contributed by atoms with Crippen LogP contribution in [-0.4, -0.2) is 11.1 Å². The molecule has 2 bridgehead atoms. The SMILES string of the molecule is CC(=CC12CCC(C1)C1CCCC12)C(=O)O. The van der Waals surface area contributed by atoms with Crippen LogP contribution < -0.4 is 0 Å². The maximum absolute atomic E-state index is 11.0. The van der Waals surface area contributed by atoms with Gasteiger partial charge in [0.05, 0.1) is 0 Å². The lowest BCUT2D eigenvalue weighted by atomic mass is 9.71. The Morgan fingerprint density at radius 3 is 2.94 bits per heavy atom. The molecular formula is C14H20O2. The highest BCUT2D eigenvalue weighted by Crippen LogP contribution is 2.66. The van der Waals surface area contributed by atoms with E-state index < -0.39 is 5.97 Å². The first-order valence-corrected chi connectivity index (χ1v) is 6.55. The quantitative estimate of drug-likeness (QED) is 0.725. The Bertz CT molecular complexity index is 358. The lowest BCUT2D eigenvalue weighted by molar-refractivity contribution is -0.132. The average molecular weight is 220 g/mol. The molecule has 3 aliphatic rings. The molecule has 3 aliphatic carbocycles. The largest absolute Gasteiger partial charge is 0.478 e. The Labute approximate surface area is 96.7 Å². The van der Waals surface area contributed by atoms with Crippen molar-refractivity contribution >= 4 is 5.97 Å². The van der Waals surface area contributed by atoms with E-state index in [0.29, 0.717) is 5.57 Å². The van der Waals surface area contributed by atoms with Crippen molar-refractivity contribution < 1.29 is 9.90 Å². The van der Waals surface area contributed by atoms with Crippen LogP contribution in [0.15, 0.2) is 11.6 Å². The third-order valence-electron chi connectivity index (χ3n) is 5.38. The van der Waals surface area contributed by atoms with Gasteiger partial charge >= 0.3 is 5.97 Å². The van der Waals surface area contributed by atoms with Crippen LogP contribution in [0, 0.1) is 23.2 Å². The Morgan fingerprint density at radius 1 is 1.38 bits per heavy atom. The summed E-state index contributed by atoms with van der Waals surface area (Å²) in [7, 11) is 0. The maximum atomic E-state index is 11.0. The van der Waals surface area contributed by atoms with Crippen LogP contribution in [0.5, 0.6) is 0 Å². The molecule has 4 atom stereocenters. The summed E-state index contributed by atoms with van der Waals surface area (Å²) >= 11 is 0. The van der Waals surface area contributed by atoms with E-state index in [1.54, 1.807) is 6.92 Å². The molecule has 4 unspecified atom stereocenters. The molecule has 0 aromatic carbocycles. The molecule has 0 aromatic heterocycles. The van der Waals surface area contributed by atoms with Crippen molar-refractivity contribution in [3.05, 3.63) is 11.6 Å². The van der Waals surface area contributed by atoms with Gasteiger partial charge in [0.25, 0.3) is 0 Å². The van der Waals surface area contributed by atoms with Crippen molar-refractivity contribution in [2.45, 2.75) is 45.4 Å². The first kappa shape index (κ1) is 10.4. The summed E-state index contributed by atoms with van der Waals surface area (Å²) in [5.74, 6) is 1.90. The topological polar surface area (TPSA) is 37.3 Å². The summed E-state index contributed by atoms with van der Waals surface area (Å²) in [6, 6.07) is 0. The van der Waals surface area contributed by atoms with Crippen LogP contribution in [0.2, 0.25) is 0 Å². The summed E-state index contributed by atoms with van der Waals surface area (Å²) < 4.78 is 0. The van der Waals surface area contributed by atoms with Crippen molar-refractivity contribution in [2.75, 3.05) is 0 Å². The average Bonchev–Trinajstić information content (AvgIpc) is 2.87. The molecule has 0 amide bonds. The van der Waals surface area contributed by atoms with Gasteiger partial charge in [0.2, 0.25) is 0 Å². The molecule has 1 N–H and O–H groups in total. The number of carboxylic acid groups (broad SMARTS) is 1.